The average molecular weight is 303 g/mol. The Morgan fingerprint density at radius 3 is 2.95 bits per heavy atom. The van der Waals surface area contributed by atoms with Gasteiger partial charge in [0.2, 0.25) is 5.91 Å². The molecular weight excluding hydrogens is 282 g/mol. The average Bonchev–Trinajstić information content (AvgIpc) is 2.85. The van der Waals surface area contributed by atoms with Gasteiger partial charge in [-0.25, -0.2) is 4.98 Å². The zero-order chi connectivity index (χ0) is 15.2. The number of carbonyl (C=O) groups is 1. The van der Waals surface area contributed by atoms with Crippen LogP contribution in [-0.2, 0) is 4.79 Å². The van der Waals surface area contributed by atoms with Gasteiger partial charge in [0.25, 0.3) is 0 Å². The van der Waals surface area contributed by atoms with Crippen LogP contribution < -0.4 is 11.1 Å². The van der Waals surface area contributed by atoms with Crippen molar-refractivity contribution in [2.75, 3.05) is 5.32 Å². The smallest absolute Gasteiger partial charge is 0.224 e. The molecule has 5 heteroatoms. The van der Waals surface area contributed by atoms with E-state index in [0.717, 1.165) is 34.8 Å². The van der Waals surface area contributed by atoms with E-state index in [4.69, 9.17) is 5.73 Å². The van der Waals surface area contributed by atoms with Crippen molar-refractivity contribution in [1.82, 2.24) is 4.98 Å². The highest BCUT2D eigenvalue weighted by molar-refractivity contribution is 7.09. The number of anilines is 1. The van der Waals surface area contributed by atoms with Gasteiger partial charge < -0.3 is 11.1 Å². The molecule has 112 valence electrons. The van der Waals surface area contributed by atoms with Gasteiger partial charge in [0.1, 0.15) is 0 Å². The van der Waals surface area contributed by atoms with Crippen LogP contribution in [0.25, 0.3) is 11.3 Å². The van der Waals surface area contributed by atoms with Crippen LogP contribution in [0.4, 0.5) is 5.69 Å². The molecule has 0 saturated carbocycles. The first-order valence-electron chi connectivity index (χ1n) is 7.12. The summed E-state index contributed by atoms with van der Waals surface area (Å²) in [5, 5.41) is 5.99. The van der Waals surface area contributed by atoms with E-state index in [2.05, 4.69) is 10.3 Å². The maximum absolute atomic E-state index is 11.9. The van der Waals surface area contributed by atoms with Gasteiger partial charge in [-0.05, 0) is 38.8 Å². The third kappa shape index (κ3) is 4.95. The molecule has 1 aromatic carbocycles. The predicted molar refractivity (Wildman–Crippen MR) is 88.4 cm³/mol. The molecule has 2 aromatic rings. The molecule has 0 aliphatic rings. The van der Waals surface area contributed by atoms with E-state index >= 15 is 0 Å². The number of amides is 1. The first-order valence-corrected chi connectivity index (χ1v) is 8.00. The Morgan fingerprint density at radius 1 is 1.48 bits per heavy atom. The number of carbonyl (C=O) groups excluding carboxylic acids is 1. The lowest BCUT2D eigenvalue weighted by Crippen LogP contribution is -2.16. The first-order chi connectivity index (χ1) is 10.0. The van der Waals surface area contributed by atoms with Crippen LogP contribution in [0, 0.1) is 6.92 Å². The molecule has 1 atom stereocenters. The number of nitrogens with zero attached hydrogens (tertiary/aromatic N) is 1. The van der Waals surface area contributed by atoms with Crippen LogP contribution in [-0.4, -0.2) is 16.9 Å². The molecule has 0 saturated heterocycles. The van der Waals surface area contributed by atoms with Crippen molar-refractivity contribution in [3.05, 3.63) is 34.7 Å². The highest BCUT2D eigenvalue weighted by Crippen LogP contribution is 2.24. The van der Waals surface area contributed by atoms with Gasteiger partial charge in [0.15, 0.2) is 0 Å². The van der Waals surface area contributed by atoms with Crippen molar-refractivity contribution in [2.24, 2.45) is 5.73 Å². The van der Waals surface area contributed by atoms with Crippen LogP contribution in [0.15, 0.2) is 29.6 Å². The lowest BCUT2D eigenvalue weighted by Gasteiger charge is -2.07. The Kier molecular flexibility index (Phi) is 5.47. The maximum atomic E-state index is 11.9. The monoisotopic (exact) mass is 303 g/mol. The SMILES string of the molecule is Cc1nc(-c2cccc(NC(=O)CCCC(C)N)c2)cs1. The molecule has 4 nitrogen and oxygen atoms in total. The van der Waals surface area contributed by atoms with E-state index in [9.17, 15) is 4.79 Å². The summed E-state index contributed by atoms with van der Waals surface area (Å²) in [4.78, 5) is 16.3. The minimum atomic E-state index is 0.0299. The number of benzene rings is 1. The molecule has 0 spiro atoms. The van der Waals surface area contributed by atoms with Gasteiger partial charge in [-0.3, -0.25) is 4.79 Å². The number of hydrogen-bond donors (Lipinski definition) is 2. The summed E-state index contributed by atoms with van der Waals surface area (Å²) in [5.41, 5.74) is 8.46. The lowest BCUT2D eigenvalue weighted by molar-refractivity contribution is -0.116. The summed E-state index contributed by atoms with van der Waals surface area (Å²) in [5.74, 6) is 0.0299. The summed E-state index contributed by atoms with van der Waals surface area (Å²) in [6, 6.07) is 7.93. The van der Waals surface area contributed by atoms with Gasteiger partial charge in [-0.2, -0.15) is 0 Å². The molecule has 1 heterocycles. The van der Waals surface area contributed by atoms with E-state index in [0.29, 0.717) is 6.42 Å². The van der Waals surface area contributed by atoms with Crippen molar-refractivity contribution in [2.45, 2.75) is 39.2 Å². The van der Waals surface area contributed by atoms with Gasteiger partial charge in [-0.15, -0.1) is 11.3 Å². The van der Waals surface area contributed by atoms with E-state index in [1.807, 2.05) is 43.5 Å². The molecule has 1 amide bonds. The van der Waals surface area contributed by atoms with Crippen molar-refractivity contribution in [3.63, 3.8) is 0 Å². The minimum Gasteiger partial charge on any atom is -0.328 e. The van der Waals surface area contributed by atoms with E-state index in [1.54, 1.807) is 11.3 Å². The van der Waals surface area contributed by atoms with Crippen molar-refractivity contribution in [1.29, 1.82) is 0 Å². The van der Waals surface area contributed by atoms with E-state index < -0.39 is 0 Å². The van der Waals surface area contributed by atoms with Gasteiger partial charge in [-0.1, -0.05) is 12.1 Å². The fourth-order valence-corrected chi connectivity index (χ4v) is 2.68. The molecule has 3 N–H and O–H groups in total. The van der Waals surface area contributed by atoms with Crippen molar-refractivity contribution in [3.8, 4) is 11.3 Å². The van der Waals surface area contributed by atoms with Crippen LogP contribution in [0.3, 0.4) is 0 Å². The second-order valence-corrected chi connectivity index (χ2v) is 6.31. The number of nitrogens with one attached hydrogen (secondary N) is 1. The molecule has 0 aliphatic carbocycles. The van der Waals surface area contributed by atoms with Gasteiger partial charge in [0.05, 0.1) is 10.7 Å². The van der Waals surface area contributed by atoms with Gasteiger partial charge in [0, 0.05) is 29.1 Å². The summed E-state index contributed by atoms with van der Waals surface area (Å²) in [6.07, 6.45) is 2.18. The quantitative estimate of drug-likeness (QED) is 0.857. The fraction of sp³-hybridized carbons (Fsp3) is 0.375. The molecule has 1 unspecified atom stereocenters. The molecule has 0 bridgehead atoms. The standard InChI is InChI=1S/C16H21N3OS/c1-11(17)5-3-8-16(20)19-14-7-4-6-13(9-14)15-10-21-12(2)18-15/h4,6-7,9-11H,3,5,8,17H2,1-2H3,(H,19,20). The van der Waals surface area contributed by atoms with E-state index in [1.165, 1.54) is 0 Å². The summed E-state index contributed by atoms with van der Waals surface area (Å²) in [6.45, 7) is 3.94. The molecule has 0 radical (unpaired) electrons. The molecule has 1 aromatic heterocycles. The third-order valence-corrected chi connectivity index (χ3v) is 3.90. The van der Waals surface area contributed by atoms with Crippen LogP contribution >= 0.6 is 11.3 Å². The number of aromatic nitrogens is 1. The minimum absolute atomic E-state index is 0.0299. The van der Waals surface area contributed by atoms with E-state index in [-0.39, 0.29) is 11.9 Å². The topological polar surface area (TPSA) is 68.0 Å². The second-order valence-electron chi connectivity index (χ2n) is 5.25. The fourth-order valence-electron chi connectivity index (χ4n) is 2.06. The Morgan fingerprint density at radius 2 is 2.29 bits per heavy atom. The zero-order valence-electron chi connectivity index (χ0n) is 12.4. The van der Waals surface area contributed by atoms with Crippen molar-refractivity contribution >= 4 is 22.9 Å². The number of nitrogens with two attached hydrogens (primary N) is 1. The first kappa shape index (κ1) is 15.7. The molecule has 0 aliphatic heterocycles. The predicted octanol–water partition coefficient (Wildman–Crippen LogP) is 3.57. The van der Waals surface area contributed by atoms with Crippen LogP contribution in [0.5, 0.6) is 0 Å². The Labute approximate surface area is 129 Å². The highest BCUT2D eigenvalue weighted by Gasteiger charge is 2.06. The molecule has 0 fully saturated rings. The highest BCUT2D eigenvalue weighted by atomic mass is 32.1. The summed E-state index contributed by atoms with van der Waals surface area (Å²) in [7, 11) is 0. The number of thiazole rings is 1. The normalized spacial score (nSPS) is 12.1. The molecule has 21 heavy (non-hydrogen) atoms. The summed E-state index contributed by atoms with van der Waals surface area (Å²) >= 11 is 1.62. The maximum Gasteiger partial charge on any atom is 0.224 e. The number of hydrogen-bond acceptors (Lipinski definition) is 4. The largest absolute Gasteiger partial charge is 0.328 e. The van der Waals surface area contributed by atoms with Crippen molar-refractivity contribution < 1.29 is 4.79 Å². The Hall–Kier alpha value is -1.72. The lowest BCUT2D eigenvalue weighted by atomic mass is 10.1. The zero-order valence-corrected chi connectivity index (χ0v) is 13.2. The number of aryl methyl sites for hydroxylation is 1. The third-order valence-electron chi connectivity index (χ3n) is 3.12. The Balaban J connectivity index is 1.96. The van der Waals surface area contributed by atoms with Crippen LogP contribution in [0.2, 0.25) is 0 Å². The Bertz CT molecular complexity index is 607. The van der Waals surface area contributed by atoms with Gasteiger partial charge >= 0.3 is 0 Å². The second kappa shape index (κ2) is 7.33. The molecule has 2 rings (SSSR count). The number of rotatable bonds is 6. The summed E-state index contributed by atoms with van der Waals surface area (Å²) < 4.78 is 0. The molecular formula is C16H21N3OS. The van der Waals surface area contributed by atoms with Crippen LogP contribution in [0.1, 0.15) is 31.2 Å².